The smallest absolute Gasteiger partial charge is 0.119 e. The summed E-state index contributed by atoms with van der Waals surface area (Å²) in [7, 11) is 0. The summed E-state index contributed by atoms with van der Waals surface area (Å²) < 4.78 is 6.00. The molecule has 0 saturated heterocycles. The van der Waals surface area contributed by atoms with E-state index in [4.69, 9.17) is 15.7 Å². The molecule has 0 spiro atoms. The van der Waals surface area contributed by atoms with Gasteiger partial charge >= 0.3 is 0 Å². The Hall–Kier alpha value is -1.53. The van der Waals surface area contributed by atoms with Crippen molar-refractivity contribution in [1.29, 1.82) is 5.26 Å². The van der Waals surface area contributed by atoms with Crippen molar-refractivity contribution in [3.05, 3.63) is 29.8 Å². The van der Waals surface area contributed by atoms with Gasteiger partial charge in [-0.05, 0) is 30.7 Å². The summed E-state index contributed by atoms with van der Waals surface area (Å²) >= 11 is 0. The van der Waals surface area contributed by atoms with Crippen molar-refractivity contribution in [2.24, 2.45) is 11.1 Å². The molecule has 0 saturated carbocycles. The first kappa shape index (κ1) is 14.5. The molecule has 98 valence electrons. The van der Waals surface area contributed by atoms with Crippen LogP contribution in [-0.4, -0.2) is 12.1 Å². The zero-order chi connectivity index (χ0) is 13.8. The number of nitrogens with zero attached hydrogens (tertiary/aromatic N) is 1. The number of benzene rings is 1. The number of ether oxygens (including phenoxy) is 1. The second-order valence-corrected chi connectivity index (χ2v) is 5.61. The second-order valence-electron chi connectivity index (χ2n) is 5.61. The number of hydrogen-bond acceptors (Lipinski definition) is 3. The van der Waals surface area contributed by atoms with Crippen molar-refractivity contribution in [2.75, 3.05) is 0 Å². The highest BCUT2D eigenvalue weighted by atomic mass is 16.5. The van der Waals surface area contributed by atoms with Crippen LogP contribution in [0.2, 0.25) is 0 Å². The molecule has 0 amide bonds. The third-order valence-electron chi connectivity index (χ3n) is 2.96. The highest BCUT2D eigenvalue weighted by Crippen LogP contribution is 2.27. The Morgan fingerprint density at radius 2 is 1.83 bits per heavy atom. The highest BCUT2D eigenvalue weighted by molar-refractivity contribution is 5.34. The van der Waals surface area contributed by atoms with Crippen molar-refractivity contribution in [3.8, 4) is 11.8 Å². The SMILES string of the molecule is CCC(N)C(Oc1ccc(C#N)cc1)C(C)(C)C. The van der Waals surface area contributed by atoms with Crippen molar-refractivity contribution < 1.29 is 4.74 Å². The Labute approximate surface area is 110 Å². The van der Waals surface area contributed by atoms with Crippen molar-refractivity contribution in [3.63, 3.8) is 0 Å². The predicted octanol–water partition coefficient (Wildman–Crippen LogP) is 3.09. The molecular weight excluding hydrogens is 224 g/mol. The molecule has 2 atom stereocenters. The molecule has 1 rings (SSSR count). The molecule has 0 aliphatic rings. The molecule has 18 heavy (non-hydrogen) atoms. The van der Waals surface area contributed by atoms with E-state index in [2.05, 4.69) is 33.8 Å². The zero-order valence-corrected chi connectivity index (χ0v) is 11.6. The molecule has 0 aliphatic carbocycles. The summed E-state index contributed by atoms with van der Waals surface area (Å²) in [5, 5.41) is 8.76. The summed E-state index contributed by atoms with van der Waals surface area (Å²) in [6.07, 6.45) is 0.827. The van der Waals surface area contributed by atoms with Crippen LogP contribution in [0.5, 0.6) is 5.75 Å². The molecule has 0 aromatic heterocycles. The summed E-state index contributed by atoms with van der Waals surface area (Å²) in [6, 6.07) is 9.24. The van der Waals surface area contributed by atoms with Crippen LogP contribution in [-0.2, 0) is 0 Å². The first-order chi connectivity index (χ1) is 8.38. The van der Waals surface area contributed by atoms with E-state index in [1.165, 1.54) is 0 Å². The molecule has 2 unspecified atom stereocenters. The van der Waals surface area contributed by atoms with Gasteiger partial charge in [0, 0.05) is 11.5 Å². The van der Waals surface area contributed by atoms with Gasteiger partial charge in [0.15, 0.2) is 0 Å². The first-order valence-corrected chi connectivity index (χ1v) is 6.31. The van der Waals surface area contributed by atoms with Gasteiger partial charge in [0.1, 0.15) is 11.9 Å². The van der Waals surface area contributed by atoms with E-state index < -0.39 is 0 Å². The summed E-state index contributed by atoms with van der Waals surface area (Å²) in [5.41, 5.74) is 6.74. The fraction of sp³-hybridized carbons (Fsp3) is 0.533. The largest absolute Gasteiger partial charge is 0.488 e. The molecule has 1 aromatic rings. The van der Waals surface area contributed by atoms with Crippen LogP contribution in [0.25, 0.3) is 0 Å². The van der Waals surface area contributed by atoms with Crippen molar-refractivity contribution >= 4 is 0 Å². The molecule has 1 aromatic carbocycles. The van der Waals surface area contributed by atoms with Gasteiger partial charge in [0.05, 0.1) is 11.6 Å². The Balaban J connectivity index is 2.86. The monoisotopic (exact) mass is 246 g/mol. The first-order valence-electron chi connectivity index (χ1n) is 6.31. The Morgan fingerprint density at radius 3 is 2.22 bits per heavy atom. The molecule has 0 fully saturated rings. The van der Waals surface area contributed by atoms with E-state index in [0.29, 0.717) is 5.56 Å². The van der Waals surface area contributed by atoms with Crippen LogP contribution in [0.3, 0.4) is 0 Å². The number of nitriles is 1. The van der Waals surface area contributed by atoms with E-state index in [1.807, 2.05) is 12.1 Å². The van der Waals surface area contributed by atoms with Crippen LogP contribution < -0.4 is 10.5 Å². The van der Waals surface area contributed by atoms with E-state index >= 15 is 0 Å². The fourth-order valence-corrected chi connectivity index (χ4v) is 1.88. The van der Waals surface area contributed by atoms with E-state index in [1.54, 1.807) is 12.1 Å². The minimum absolute atomic E-state index is 0.000596. The zero-order valence-electron chi connectivity index (χ0n) is 11.6. The molecule has 0 aliphatic heterocycles. The maximum absolute atomic E-state index is 8.76. The minimum Gasteiger partial charge on any atom is -0.488 e. The fourth-order valence-electron chi connectivity index (χ4n) is 1.88. The predicted molar refractivity (Wildman–Crippen MR) is 73.3 cm³/mol. The van der Waals surface area contributed by atoms with Crippen LogP contribution in [0.4, 0.5) is 0 Å². The van der Waals surface area contributed by atoms with Crippen molar-refractivity contribution in [2.45, 2.75) is 46.3 Å². The van der Waals surface area contributed by atoms with Crippen LogP contribution in [0.15, 0.2) is 24.3 Å². The topological polar surface area (TPSA) is 59.0 Å². The lowest BCUT2D eigenvalue weighted by atomic mass is 9.84. The van der Waals surface area contributed by atoms with E-state index in [9.17, 15) is 0 Å². The maximum Gasteiger partial charge on any atom is 0.119 e. The van der Waals surface area contributed by atoms with Crippen LogP contribution in [0.1, 0.15) is 39.7 Å². The molecule has 0 radical (unpaired) electrons. The molecule has 2 N–H and O–H groups in total. The van der Waals surface area contributed by atoms with Gasteiger partial charge in [-0.2, -0.15) is 5.26 Å². The van der Waals surface area contributed by atoms with Crippen molar-refractivity contribution in [1.82, 2.24) is 0 Å². The average Bonchev–Trinajstić information content (AvgIpc) is 2.34. The summed E-state index contributed by atoms with van der Waals surface area (Å²) in [4.78, 5) is 0. The third-order valence-corrected chi connectivity index (χ3v) is 2.96. The Bertz CT molecular complexity index is 412. The van der Waals surface area contributed by atoms with Gasteiger partial charge in [0.2, 0.25) is 0 Å². The third kappa shape index (κ3) is 3.75. The minimum atomic E-state index is -0.0459. The Morgan fingerprint density at radius 1 is 1.28 bits per heavy atom. The number of hydrogen-bond donors (Lipinski definition) is 1. The Kier molecular flexibility index (Phi) is 4.75. The van der Waals surface area contributed by atoms with Gasteiger partial charge in [-0.25, -0.2) is 0 Å². The molecule has 0 bridgehead atoms. The normalized spacial score (nSPS) is 14.7. The van der Waals surface area contributed by atoms with Gasteiger partial charge < -0.3 is 10.5 Å². The van der Waals surface area contributed by atoms with E-state index in [0.717, 1.165) is 12.2 Å². The maximum atomic E-state index is 8.76. The lowest BCUT2D eigenvalue weighted by Crippen LogP contribution is -2.47. The standard InChI is InChI=1S/C15H22N2O/c1-5-13(17)14(15(2,3)4)18-12-8-6-11(10-16)7-9-12/h6-9,13-14H,5,17H2,1-4H3. The average molecular weight is 246 g/mol. The van der Waals surface area contributed by atoms with Gasteiger partial charge in [-0.15, -0.1) is 0 Å². The highest BCUT2D eigenvalue weighted by Gasteiger charge is 2.31. The van der Waals surface area contributed by atoms with Crippen LogP contribution >= 0.6 is 0 Å². The molecule has 3 heteroatoms. The van der Waals surface area contributed by atoms with Crippen LogP contribution in [0, 0.1) is 16.7 Å². The number of rotatable bonds is 4. The molecule has 0 heterocycles. The summed E-state index contributed by atoms with van der Waals surface area (Å²) in [5.74, 6) is 0.762. The lowest BCUT2D eigenvalue weighted by molar-refractivity contribution is 0.0622. The van der Waals surface area contributed by atoms with Gasteiger partial charge in [-0.1, -0.05) is 27.7 Å². The molecule has 3 nitrogen and oxygen atoms in total. The lowest BCUT2D eigenvalue weighted by Gasteiger charge is -2.35. The van der Waals surface area contributed by atoms with Gasteiger partial charge in [-0.3, -0.25) is 0 Å². The quantitative estimate of drug-likeness (QED) is 0.888. The summed E-state index contributed by atoms with van der Waals surface area (Å²) in [6.45, 7) is 8.43. The second kappa shape index (κ2) is 5.88. The van der Waals surface area contributed by atoms with E-state index in [-0.39, 0.29) is 17.6 Å². The number of nitrogens with two attached hydrogens (primary N) is 1. The van der Waals surface area contributed by atoms with Gasteiger partial charge in [0.25, 0.3) is 0 Å². The molecular formula is C15H22N2O.